The number of para-hydroxylation sites is 2. The minimum Gasteiger partial charge on any atom is -0.310 e. The van der Waals surface area contributed by atoms with Crippen molar-refractivity contribution in [3.63, 3.8) is 0 Å². The first-order chi connectivity index (χ1) is 50.9. The highest BCUT2D eigenvalue weighted by Crippen LogP contribution is 2.61. The SMILES string of the molecule is Cc1cc(C(C)(C)C)cc(C)c1N(c1ccccc1)c1ccc2c(c1)C(CCCCCCC1(c3ccc4c(c3)CC4)c3ccccc3-c3ccccc31)(CCCCCCC1(c3ccc4c(c3)CC4)c3ccccc3-c3ccccc31)c1cc(N(c3ccccc3)c3c(C)cc(C(C)(C)C)cc3C)ccc1-2. The van der Waals surface area contributed by atoms with Crippen molar-refractivity contribution in [3.05, 3.63) is 355 Å². The van der Waals surface area contributed by atoms with E-state index in [4.69, 9.17) is 0 Å². The molecule has 0 amide bonds. The molecule has 0 radical (unpaired) electrons. The van der Waals surface area contributed by atoms with Crippen molar-refractivity contribution in [2.24, 2.45) is 0 Å². The minimum absolute atomic E-state index is 0.0150. The van der Waals surface area contributed by atoms with Crippen molar-refractivity contribution in [2.75, 3.05) is 9.80 Å². The Labute approximate surface area is 627 Å². The topological polar surface area (TPSA) is 6.48 Å². The summed E-state index contributed by atoms with van der Waals surface area (Å²) in [5.74, 6) is 0. The lowest BCUT2D eigenvalue weighted by atomic mass is 9.67. The van der Waals surface area contributed by atoms with E-state index in [0.29, 0.717) is 0 Å². The number of fused-ring (bicyclic) bond motifs is 11. The molecule has 0 atom stereocenters. The summed E-state index contributed by atoms with van der Waals surface area (Å²) in [4.78, 5) is 5.20. The Morgan fingerprint density at radius 1 is 0.267 bits per heavy atom. The van der Waals surface area contributed by atoms with Gasteiger partial charge in [0, 0.05) is 39.0 Å². The number of nitrogens with zero attached hydrogens (tertiary/aromatic N) is 2. The predicted molar refractivity (Wildman–Crippen MR) is 445 cm³/mol. The molecule has 0 saturated carbocycles. The quantitative estimate of drug-likeness (QED) is 0.0624. The molecule has 0 unspecified atom stereocenters. The van der Waals surface area contributed by atoms with Crippen LogP contribution in [0.25, 0.3) is 33.4 Å². The molecule has 12 aromatic carbocycles. The molecule has 0 heterocycles. The zero-order valence-corrected chi connectivity index (χ0v) is 64.0. The Kier molecular flexibility index (Phi) is 17.6. The average molecular weight is 1370 g/mol. The number of unbranched alkanes of at least 4 members (excludes halogenated alkanes) is 6. The van der Waals surface area contributed by atoms with Crippen molar-refractivity contribution in [3.8, 4) is 33.4 Å². The monoisotopic (exact) mass is 1370 g/mol. The summed E-state index contributed by atoms with van der Waals surface area (Å²) in [6.07, 6.45) is 18.2. The van der Waals surface area contributed by atoms with E-state index in [-0.39, 0.29) is 27.1 Å². The summed E-state index contributed by atoms with van der Waals surface area (Å²) in [7, 11) is 0. The van der Waals surface area contributed by atoms with E-state index in [2.05, 4.69) is 334 Å². The fraction of sp³-hybridized carbons (Fsp3) is 0.301. The van der Waals surface area contributed by atoms with Crippen LogP contribution in [0.1, 0.15) is 219 Å². The van der Waals surface area contributed by atoms with Crippen LogP contribution < -0.4 is 9.80 Å². The molecule has 2 nitrogen and oxygen atoms in total. The van der Waals surface area contributed by atoms with Crippen LogP contribution in [0.3, 0.4) is 0 Å². The van der Waals surface area contributed by atoms with E-state index in [1.807, 2.05) is 0 Å². The third kappa shape index (κ3) is 11.7. The van der Waals surface area contributed by atoms with Crippen LogP contribution in [0.5, 0.6) is 0 Å². The Balaban J connectivity index is 0.780. The molecule has 0 spiro atoms. The van der Waals surface area contributed by atoms with Gasteiger partial charge >= 0.3 is 0 Å². The average Bonchev–Trinajstić information content (AvgIpc) is 1.57. The van der Waals surface area contributed by atoms with Gasteiger partial charge in [-0.3, -0.25) is 0 Å². The summed E-state index contributed by atoms with van der Waals surface area (Å²) in [5, 5.41) is 0. The fourth-order valence-electron chi connectivity index (χ4n) is 20.2. The highest BCUT2D eigenvalue weighted by molar-refractivity contribution is 5.91. The highest BCUT2D eigenvalue weighted by Gasteiger charge is 2.48. The first-order valence-corrected chi connectivity index (χ1v) is 39.8. The fourth-order valence-corrected chi connectivity index (χ4v) is 20.2. The molecule has 2 heteroatoms. The molecular formula is C103H104N2. The van der Waals surface area contributed by atoms with Crippen LogP contribution in [0.4, 0.5) is 34.1 Å². The van der Waals surface area contributed by atoms with Gasteiger partial charge in [0.05, 0.1) is 11.4 Å². The molecule has 17 rings (SSSR count). The zero-order valence-electron chi connectivity index (χ0n) is 64.0. The van der Waals surface area contributed by atoms with E-state index >= 15 is 0 Å². The van der Waals surface area contributed by atoms with Crippen molar-refractivity contribution in [2.45, 2.75) is 199 Å². The molecule has 5 aliphatic rings. The number of aryl methyl sites for hydroxylation is 8. The molecule has 0 saturated heterocycles. The van der Waals surface area contributed by atoms with E-state index < -0.39 is 0 Å². The van der Waals surface area contributed by atoms with Gasteiger partial charge in [-0.05, 0) is 272 Å². The van der Waals surface area contributed by atoms with E-state index in [1.54, 1.807) is 11.1 Å². The van der Waals surface area contributed by atoms with E-state index in [1.165, 1.54) is 195 Å². The Hall–Kier alpha value is -9.76. The number of hydrogen-bond donors (Lipinski definition) is 0. The van der Waals surface area contributed by atoms with Crippen molar-refractivity contribution in [1.29, 1.82) is 0 Å². The maximum atomic E-state index is 2.69. The lowest BCUT2D eigenvalue weighted by molar-refractivity contribution is 0.393. The second-order valence-corrected chi connectivity index (χ2v) is 34.1. The van der Waals surface area contributed by atoms with Crippen molar-refractivity contribution < 1.29 is 0 Å². The number of rotatable bonds is 22. The van der Waals surface area contributed by atoms with Gasteiger partial charge in [0.25, 0.3) is 0 Å². The normalized spacial score (nSPS) is 14.9. The molecule has 0 bridgehead atoms. The van der Waals surface area contributed by atoms with Gasteiger partial charge in [-0.2, -0.15) is 0 Å². The number of anilines is 6. The summed E-state index contributed by atoms with van der Waals surface area (Å²) < 4.78 is 0. The minimum atomic E-state index is -0.297. The number of benzene rings is 12. The van der Waals surface area contributed by atoms with E-state index in [0.717, 1.165) is 64.2 Å². The molecule has 526 valence electrons. The third-order valence-corrected chi connectivity index (χ3v) is 25.7. The second-order valence-electron chi connectivity index (χ2n) is 34.1. The lowest BCUT2D eigenvalue weighted by Gasteiger charge is -2.36. The summed E-state index contributed by atoms with van der Waals surface area (Å²) >= 11 is 0. The van der Waals surface area contributed by atoms with Gasteiger partial charge in [-0.25, -0.2) is 0 Å². The van der Waals surface area contributed by atoms with Crippen LogP contribution >= 0.6 is 0 Å². The molecule has 5 aliphatic carbocycles. The first kappa shape index (κ1) is 68.4. The van der Waals surface area contributed by atoms with Gasteiger partial charge in [-0.1, -0.05) is 299 Å². The molecule has 105 heavy (non-hydrogen) atoms. The number of hydrogen-bond acceptors (Lipinski definition) is 2. The van der Waals surface area contributed by atoms with Crippen LogP contribution in [0, 0.1) is 27.7 Å². The largest absolute Gasteiger partial charge is 0.310 e. The van der Waals surface area contributed by atoms with Crippen LogP contribution in [-0.4, -0.2) is 0 Å². The summed E-state index contributed by atoms with van der Waals surface area (Å²) in [6, 6.07) is 100. The third-order valence-electron chi connectivity index (χ3n) is 25.7. The lowest BCUT2D eigenvalue weighted by Crippen LogP contribution is -2.28. The molecule has 12 aromatic rings. The van der Waals surface area contributed by atoms with Gasteiger partial charge in [0.15, 0.2) is 0 Å². The van der Waals surface area contributed by atoms with Gasteiger partial charge in [0.2, 0.25) is 0 Å². The maximum Gasteiger partial charge on any atom is 0.0520 e. The molecule has 0 aliphatic heterocycles. The molecule has 0 fully saturated rings. The van der Waals surface area contributed by atoms with E-state index in [9.17, 15) is 0 Å². The van der Waals surface area contributed by atoms with Crippen molar-refractivity contribution in [1.82, 2.24) is 0 Å². The van der Waals surface area contributed by atoms with Gasteiger partial charge in [0.1, 0.15) is 0 Å². The van der Waals surface area contributed by atoms with Crippen LogP contribution in [0.2, 0.25) is 0 Å². The Morgan fingerprint density at radius 2 is 0.571 bits per heavy atom. The Bertz CT molecular complexity index is 4830. The summed E-state index contributed by atoms with van der Waals surface area (Å²) in [5.41, 5.74) is 41.0. The zero-order chi connectivity index (χ0) is 72.0. The first-order valence-electron chi connectivity index (χ1n) is 39.8. The smallest absolute Gasteiger partial charge is 0.0520 e. The van der Waals surface area contributed by atoms with Crippen LogP contribution in [-0.2, 0) is 52.8 Å². The standard InChI is InChI=1S/C103H104N2/c1-69-61-79(99(5,6)7)62-70(2)97(69)104(81-33-17-15-18-34-81)83-53-55-89-90-56-54-84(105(82-35-19-16-20-36-82)98-71(3)63-80(64-72(98)4)100(8,9)10)68-96(90)101(95(89)67-83,57-29-11-13-31-59-102(77-51-49-73-45-47-75(73)65-77)91-41-25-21-37-85(91)86-38-22-26-42-92(86)102)58-30-12-14-32-60-103(78-52-50-74-46-48-76(74)66-78)93-43-27-23-39-87(93)88-40-24-28-44-94(88)103/h15-28,33-44,49-56,61-68H,11-14,29-32,45-48,57-60H2,1-10H3. The highest BCUT2D eigenvalue weighted by atomic mass is 15.2. The van der Waals surface area contributed by atoms with Crippen molar-refractivity contribution >= 4 is 34.1 Å². The predicted octanol–water partition coefficient (Wildman–Crippen LogP) is 27.6. The molecule has 0 N–H and O–H groups in total. The van der Waals surface area contributed by atoms with Gasteiger partial charge < -0.3 is 9.80 Å². The molecule has 0 aromatic heterocycles. The summed E-state index contributed by atoms with van der Waals surface area (Å²) in [6.45, 7) is 23.4. The van der Waals surface area contributed by atoms with Gasteiger partial charge in [-0.15, -0.1) is 0 Å². The second kappa shape index (κ2) is 27.0. The van der Waals surface area contributed by atoms with Crippen LogP contribution in [0.15, 0.2) is 255 Å². The Morgan fingerprint density at radius 3 is 0.886 bits per heavy atom. The maximum absolute atomic E-state index is 2.69. The molecular weight excluding hydrogens is 1270 g/mol.